The SMILES string of the molecule is CCCCCC(=O)O.CCC[CH2][Sn]([CH2]C)([CH2]C)[CH2]C. The van der Waals surface area contributed by atoms with Gasteiger partial charge in [0.25, 0.3) is 0 Å². The molecule has 0 spiro atoms. The van der Waals surface area contributed by atoms with Crippen molar-refractivity contribution in [1.29, 1.82) is 0 Å². The third-order valence-corrected chi connectivity index (χ3v) is 21.2. The average Bonchev–Trinajstić information content (AvgIpc) is 2.42. The molecule has 0 atom stereocenters. The third kappa shape index (κ3) is 13.0. The predicted molar refractivity (Wildman–Crippen MR) is 88.7 cm³/mol. The minimum absolute atomic E-state index is 0.327. The topological polar surface area (TPSA) is 37.3 Å². The van der Waals surface area contributed by atoms with Crippen molar-refractivity contribution in [3.05, 3.63) is 0 Å². The van der Waals surface area contributed by atoms with Crippen molar-refractivity contribution >= 4 is 24.3 Å². The van der Waals surface area contributed by atoms with Gasteiger partial charge in [-0.15, -0.1) is 0 Å². The molecule has 116 valence electrons. The fourth-order valence-electron chi connectivity index (χ4n) is 2.36. The summed E-state index contributed by atoms with van der Waals surface area (Å²) in [5.41, 5.74) is 0. The summed E-state index contributed by atoms with van der Waals surface area (Å²) < 4.78 is 6.36. The van der Waals surface area contributed by atoms with Crippen molar-refractivity contribution in [2.24, 2.45) is 0 Å². The Labute approximate surface area is 125 Å². The molecule has 1 N–H and O–H groups in total. The van der Waals surface area contributed by atoms with Crippen LogP contribution in [0.15, 0.2) is 0 Å². The first-order valence-electron chi connectivity index (χ1n) is 8.23. The first kappa shape index (κ1) is 21.6. The van der Waals surface area contributed by atoms with Gasteiger partial charge in [-0.1, -0.05) is 19.8 Å². The summed E-state index contributed by atoms with van der Waals surface area (Å²) in [6.07, 6.45) is 6.18. The van der Waals surface area contributed by atoms with Crippen molar-refractivity contribution < 1.29 is 9.90 Å². The Kier molecular flexibility index (Phi) is 16.7. The van der Waals surface area contributed by atoms with Gasteiger partial charge in [-0.3, -0.25) is 4.79 Å². The van der Waals surface area contributed by atoms with Gasteiger partial charge in [-0.25, -0.2) is 0 Å². The number of aliphatic carboxylic acids is 1. The molecule has 0 fully saturated rings. The van der Waals surface area contributed by atoms with Gasteiger partial charge in [0.15, 0.2) is 0 Å². The first-order valence-corrected chi connectivity index (χ1v) is 16.3. The number of rotatable bonds is 10. The van der Waals surface area contributed by atoms with Crippen LogP contribution in [0.25, 0.3) is 0 Å². The van der Waals surface area contributed by atoms with Crippen molar-refractivity contribution in [2.75, 3.05) is 0 Å². The summed E-state index contributed by atoms with van der Waals surface area (Å²) >= 11 is -1.46. The number of carboxylic acid groups (broad SMARTS) is 1. The number of carbonyl (C=O) groups is 1. The van der Waals surface area contributed by atoms with Crippen LogP contribution in [-0.2, 0) is 4.79 Å². The normalized spacial score (nSPS) is 10.8. The summed E-state index contributed by atoms with van der Waals surface area (Å²) in [7, 11) is 0. The number of carboxylic acids is 1. The van der Waals surface area contributed by atoms with Crippen LogP contribution in [0.5, 0.6) is 0 Å². The molecule has 0 aromatic rings. The van der Waals surface area contributed by atoms with Gasteiger partial charge in [-0.05, 0) is 6.42 Å². The molecule has 0 unspecified atom stereocenters. The van der Waals surface area contributed by atoms with E-state index >= 15 is 0 Å². The van der Waals surface area contributed by atoms with Crippen LogP contribution in [0.2, 0.25) is 17.7 Å². The van der Waals surface area contributed by atoms with E-state index in [1.807, 2.05) is 0 Å². The van der Waals surface area contributed by atoms with Gasteiger partial charge < -0.3 is 5.11 Å². The molecule has 0 aromatic carbocycles. The average molecular weight is 379 g/mol. The van der Waals surface area contributed by atoms with Gasteiger partial charge >= 0.3 is 82.6 Å². The van der Waals surface area contributed by atoms with Crippen molar-refractivity contribution in [3.8, 4) is 0 Å². The Morgan fingerprint density at radius 3 is 1.63 bits per heavy atom. The molecule has 0 aromatic heterocycles. The Hall–Kier alpha value is 0.269. The second kappa shape index (κ2) is 14.7. The molecule has 0 bridgehead atoms. The van der Waals surface area contributed by atoms with Crippen LogP contribution in [0.4, 0.5) is 0 Å². The fraction of sp³-hybridized carbons (Fsp3) is 0.938. The van der Waals surface area contributed by atoms with E-state index in [1.54, 1.807) is 17.7 Å². The Balaban J connectivity index is 0. The van der Waals surface area contributed by atoms with Crippen molar-refractivity contribution in [3.63, 3.8) is 0 Å². The standard InChI is InChI=1S/C6H12O2.C4H9.3C2H5.Sn/c1-2-3-4-5-6(7)8;1-3-4-2;3*1-2;/h2-5H2,1H3,(H,7,8);1,3-4H2,2H3;3*1H2,2H3;. The van der Waals surface area contributed by atoms with Gasteiger partial charge in [-0.2, -0.15) is 0 Å². The van der Waals surface area contributed by atoms with E-state index in [1.165, 1.54) is 12.8 Å². The summed E-state index contributed by atoms with van der Waals surface area (Å²) in [6, 6.07) is 0. The molecule has 2 nitrogen and oxygen atoms in total. The molecule has 19 heavy (non-hydrogen) atoms. The van der Waals surface area contributed by atoms with Crippen LogP contribution in [0, 0.1) is 0 Å². The fourth-order valence-corrected chi connectivity index (χ4v) is 12.8. The van der Waals surface area contributed by atoms with E-state index in [4.69, 9.17) is 5.11 Å². The molecular formula is C16H36O2Sn. The molecule has 0 heterocycles. The Morgan fingerprint density at radius 1 is 0.842 bits per heavy atom. The molecule has 0 radical (unpaired) electrons. The van der Waals surface area contributed by atoms with E-state index < -0.39 is 24.3 Å². The summed E-state index contributed by atoms with van der Waals surface area (Å²) in [6.45, 7) is 11.7. The summed E-state index contributed by atoms with van der Waals surface area (Å²) in [5.74, 6) is -0.682. The molecule has 0 saturated heterocycles. The number of hydrogen-bond donors (Lipinski definition) is 1. The zero-order chi connectivity index (χ0) is 15.1. The number of unbranched alkanes of at least 4 members (excludes halogenated alkanes) is 3. The minimum atomic E-state index is -1.46. The van der Waals surface area contributed by atoms with Crippen LogP contribution in [0.1, 0.15) is 73.1 Å². The third-order valence-electron chi connectivity index (χ3n) is 4.30. The molecule has 0 saturated carbocycles. The van der Waals surface area contributed by atoms with Crippen LogP contribution < -0.4 is 0 Å². The molecule has 0 rings (SSSR count). The zero-order valence-electron chi connectivity index (χ0n) is 13.9. The second-order valence-electron chi connectivity index (χ2n) is 5.52. The molecule has 0 aliphatic rings. The molecule has 0 aliphatic carbocycles. The molecule has 3 heteroatoms. The van der Waals surface area contributed by atoms with Gasteiger partial charge in [0.2, 0.25) is 0 Å². The van der Waals surface area contributed by atoms with E-state index in [2.05, 4.69) is 34.6 Å². The van der Waals surface area contributed by atoms with Crippen LogP contribution in [0.3, 0.4) is 0 Å². The monoisotopic (exact) mass is 380 g/mol. The maximum absolute atomic E-state index is 9.87. The van der Waals surface area contributed by atoms with E-state index in [0.717, 1.165) is 19.3 Å². The summed E-state index contributed by atoms with van der Waals surface area (Å²) in [5, 5.41) is 8.14. The Bertz CT molecular complexity index is 193. The van der Waals surface area contributed by atoms with Gasteiger partial charge in [0, 0.05) is 6.42 Å². The van der Waals surface area contributed by atoms with Crippen LogP contribution >= 0.6 is 0 Å². The van der Waals surface area contributed by atoms with Crippen molar-refractivity contribution in [2.45, 2.75) is 90.9 Å². The molecule has 0 aliphatic heterocycles. The van der Waals surface area contributed by atoms with Gasteiger partial charge in [0.05, 0.1) is 0 Å². The van der Waals surface area contributed by atoms with E-state index in [-0.39, 0.29) is 0 Å². The molecular weight excluding hydrogens is 343 g/mol. The van der Waals surface area contributed by atoms with E-state index in [0.29, 0.717) is 6.42 Å². The summed E-state index contributed by atoms with van der Waals surface area (Å²) in [4.78, 5) is 9.87. The molecule has 0 amide bonds. The first-order chi connectivity index (χ1) is 9.01. The van der Waals surface area contributed by atoms with Gasteiger partial charge in [0.1, 0.15) is 0 Å². The second-order valence-corrected chi connectivity index (χ2v) is 21.6. The van der Waals surface area contributed by atoms with Crippen LogP contribution in [-0.4, -0.2) is 29.5 Å². The van der Waals surface area contributed by atoms with E-state index in [9.17, 15) is 4.79 Å². The predicted octanol–water partition coefficient (Wildman–Crippen LogP) is 5.95. The number of hydrogen-bond acceptors (Lipinski definition) is 1. The Morgan fingerprint density at radius 2 is 1.32 bits per heavy atom. The maximum atomic E-state index is 9.87. The van der Waals surface area contributed by atoms with Crippen molar-refractivity contribution in [1.82, 2.24) is 0 Å². The zero-order valence-corrected chi connectivity index (χ0v) is 16.8. The quantitative estimate of drug-likeness (QED) is 0.376.